The fraction of sp³-hybridized carbons (Fsp3) is 0.640. The molecule has 0 unspecified atom stereocenters. The van der Waals surface area contributed by atoms with E-state index in [1.54, 1.807) is 14.2 Å². The number of piperazine rings is 1. The Kier molecular flexibility index (Phi) is 7.01. The summed E-state index contributed by atoms with van der Waals surface area (Å²) >= 11 is 0. The number of ether oxygens (including phenoxy) is 2. The smallest absolute Gasteiger partial charge is 0.225 e. The van der Waals surface area contributed by atoms with E-state index in [1.165, 1.54) is 19.3 Å². The van der Waals surface area contributed by atoms with Crippen LogP contribution in [0.2, 0.25) is 0 Å². The minimum absolute atomic E-state index is 0.226. The number of hydrogen-bond donors (Lipinski definition) is 0. The number of nitrogens with zero attached hydrogens (tertiary/aromatic N) is 4. The maximum Gasteiger partial charge on any atom is 0.225 e. The number of carbonyl (C=O) groups is 1. The van der Waals surface area contributed by atoms with E-state index in [4.69, 9.17) is 19.4 Å². The lowest BCUT2D eigenvalue weighted by atomic mass is 9.88. The monoisotopic (exact) mass is 440 g/mol. The molecule has 0 spiro atoms. The Labute approximate surface area is 191 Å². The Morgan fingerprint density at radius 3 is 2.28 bits per heavy atom. The van der Waals surface area contributed by atoms with Gasteiger partial charge in [0.25, 0.3) is 0 Å². The van der Waals surface area contributed by atoms with Gasteiger partial charge in [-0.25, -0.2) is 9.97 Å². The number of amides is 1. The number of benzene rings is 1. The van der Waals surface area contributed by atoms with Gasteiger partial charge < -0.3 is 19.3 Å². The summed E-state index contributed by atoms with van der Waals surface area (Å²) in [5.41, 5.74) is 0.865. The van der Waals surface area contributed by atoms with Crippen LogP contribution in [0.25, 0.3) is 10.9 Å². The molecule has 1 aromatic carbocycles. The lowest BCUT2D eigenvalue weighted by Crippen LogP contribution is -2.51. The SMILES string of the molecule is COc1cc2nc(CC(C)C)nc(N3CCN(C(=O)C4CCCCC4)CC3)c2cc1OC. The standard InChI is InChI=1S/C25H36N4O3/c1-17(2)14-23-26-20-16-22(32-4)21(31-3)15-19(20)24(27-23)28-10-12-29(13-11-28)25(30)18-8-6-5-7-9-18/h15-18H,5-14H2,1-4H3. The van der Waals surface area contributed by atoms with Crippen LogP contribution >= 0.6 is 0 Å². The average Bonchev–Trinajstić information content (AvgIpc) is 2.82. The zero-order valence-corrected chi connectivity index (χ0v) is 19.9. The van der Waals surface area contributed by atoms with Gasteiger partial charge in [0.05, 0.1) is 19.7 Å². The summed E-state index contributed by atoms with van der Waals surface area (Å²) in [6, 6.07) is 3.91. The van der Waals surface area contributed by atoms with Crippen LogP contribution in [0.4, 0.5) is 5.82 Å². The topological polar surface area (TPSA) is 67.8 Å². The molecule has 0 atom stereocenters. The second-order valence-electron chi connectivity index (χ2n) is 9.43. The van der Waals surface area contributed by atoms with Gasteiger partial charge in [0.2, 0.25) is 5.91 Å². The van der Waals surface area contributed by atoms with E-state index >= 15 is 0 Å². The molecule has 1 saturated heterocycles. The largest absolute Gasteiger partial charge is 0.493 e. The Morgan fingerprint density at radius 2 is 1.66 bits per heavy atom. The predicted octanol–water partition coefficient (Wildman–Crippen LogP) is 4.07. The van der Waals surface area contributed by atoms with Crippen molar-refractivity contribution in [2.24, 2.45) is 11.8 Å². The van der Waals surface area contributed by atoms with E-state index in [9.17, 15) is 4.79 Å². The first kappa shape index (κ1) is 22.6. The lowest BCUT2D eigenvalue weighted by Gasteiger charge is -2.38. The maximum absolute atomic E-state index is 13.0. The van der Waals surface area contributed by atoms with Gasteiger partial charge in [0.15, 0.2) is 11.5 Å². The van der Waals surface area contributed by atoms with Gasteiger partial charge in [-0.05, 0) is 24.8 Å². The van der Waals surface area contributed by atoms with Crippen LogP contribution in [0.5, 0.6) is 11.5 Å². The molecule has 7 nitrogen and oxygen atoms in total. The van der Waals surface area contributed by atoms with Crippen LogP contribution in [0.1, 0.15) is 51.8 Å². The highest BCUT2D eigenvalue weighted by Crippen LogP contribution is 2.36. The van der Waals surface area contributed by atoms with Crippen molar-refractivity contribution in [1.29, 1.82) is 0 Å². The summed E-state index contributed by atoms with van der Waals surface area (Å²) in [4.78, 5) is 27.1. The maximum atomic E-state index is 13.0. The fourth-order valence-corrected chi connectivity index (χ4v) is 4.93. The lowest BCUT2D eigenvalue weighted by molar-refractivity contribution is -0.136. The van der Waals surface area contributed by atoms with Crippen LogP contribution in [-0.2, 0) is 11.2 Å². The van der Waals surface area contributed by atoms with Crippen LogP contribution in [-0.4, -0.2) is 61.2 Å². The third kappa shape index (κ3) is 4.76. The van der Waals surface area contributed by atoms with Crippen molar-refractivity contribution < 1.29 is 14.3 Å². The minimum atomic E-state index is 0.226. The zero-order valence-electron chi connectivity index (χ0n) is 19.9. The third-order valence-electron chi connectivity index (χ3n) is 6.66. The van der Waals surface area contributed by atoms with E-state index < -0.39 is 0 Å². The summed E-state index contributed by atoms with van der Waals surface area (Å²) in [5.74, 6) is 4.15. The molecule has 1 aliphatic carbocycles. The van der Waals surface area contributed by atoms with E-state index in [1.807, 2.05) is 12.1 Å². The van der Waals surface area contributed by atoms with Crippen LogP contribution in [0.3, 0.4) is 0 Å². The van der Waals surface area contributed by atoms with Gasteiger partial charge in [0.1, 0.15) is 11.6 Å². The van der Waals surface area contributed by atoms with Gasteiger partial charge in [-0.3, -0.25) is 4.79 Å². The highest BCUT2D eigenvalue weighted by Gasteiger charge is 2.29. The summed E-state index contributed by atoms with van der Waals surface area (Å²) in [6.45, 7) is 7.40. The van der Waals surface area contributed by atoms with E-state index in [0.717, 1.165) is 68.0 Å². The number of fused-ring (bicyclic) bond motifs is 1. The summed E-state index contributed by atoms with van der Waals surface area (Å²) in [7, 11) is 3.29. The summed E-state index contributed by atoms with van der Waals surface area (Å²) in [6.07, 6.45) is 6.56. The van der Waals surface area contributed by atoms with Crippen molar-refractivity contribution in [3.63, 3.8) is 0 Å². The fourth-order valence-electron chi connectivity index (χ4n) is 4.93. The molecule has 0 radical (unpaired) electrons. The number of hydrogen-bond acceptors (Lipinski definition) is 6. The second-order valence-corrected chi connectivity index (χ2v) is 9.43. The molecule has 0 bridgehead atoms. The number of carbonyl (C=O) groups excluding carboxylic acids is 1. The van der Waals surface area contributed by atoms with Crippen LogP contribution in [0.15, 0.2) is 12.1 Å². The highest BCUT2D eigenvalue weighted by atomic mass is 16.5. The molecular formula is C25H36N4O3. The van der Waals surface area contributed by atoms with Crippen LogP contribution in [0, 0.1) is 11.8 Å². The Balaban J connectivity index is 1.60. The second kappa shape index (κ2) is 9.92. The Bertz CT molecular complexity index is 948. The molecule has 32 heavy (non-hydrogen) atoms. The number of anilines is 1. The molecule has 1 saturated carbocycles. The molecule has 174 valence electrons. The van der Waals surface area contributed by atoms with E-state index in [-0.39, 0.29) is 5.92 Å². The highest BCUT2D eigenvalue weighted by molar-refractivity contribution is 5.92. The molecule has 1 aliphatic heterocycles. The molecule has 2 fully saturated rings. The molecule has 2 heterocycles. The summed E-state index contributed by atoms with van der Waals surface area (Å²) in [5, 5.41) is 0.960. The molecule has 2 aliphatic rings. The van der Waals surface area contributed by atoms with Gasteiger partial charge in [0, 0.05) is 50.0 Å². The molecule has 1 aromatic heterocycles. The van der Waals surface area contributed by atoms with Crippen molar-refractivity contribution in [1.82, 2.24) is 14.9 Å². The van der Waals surface area contributed by atoms with Crippen molar-refractivity contribution >= 4 is 22.6 Å². The van der Waals surface area contributed by atoms with Crippen molar-refractivity contribution in [3.8, 4) is 11.5 Å². The minimum Gasteiger partial charge on any atom is -0.493 e. The van der Waals surface area contributed by atoms with Crippen LogP contribution < -0.4 is 14.4 Å². The molecule has 2 aromatic rings. The van der Waals surface area contributed by atoms with E-state index in [2.05, 4.69) is 23.6 Å². The number of aromatic nitrogens is 2. The predicted molar refractivity (Wildman–Crippen MR) is 127 cm³/mol. The van der Waals surface area contributed by atoms with Crippen molar-refractivity contribution in [2.45, 2.75) is 52.4 Å². The first-order chi connectivity index (χ1) is 15.5. The zero-order chi connectivity index (χ0) is 22.7. The molecule has 0 N–H and O–H groups in total. The molecule has 1 amide bonds. The number of methoxy groups -OCH3 is 2. The molecule has 7 heteroatoms. The first-order valence-corrected chi connectivity index (χ1v) is 12.0. The van der Waals surface area contributed by atoms with E-state index in [0.29, 0.717) is 23.3 Å². The average molecular weight is 441 g/mol. The van der Waals surface area contributed by atoms with Gasteiger partial charge >= 0.3 is 0 Å². The van der Waals surface area contributed by atoms with Gasteiger partial charge in [-0.15, -0.1) is 0 Å². The van der Waals surface area contributed by atoms with Gasteiger partial charge in [-0.1, -0.05) is 33.1 Å². The normalized spacial score (nSPS) is 17.8. The van der Waals surface area contributed by atoms with Crippen molar-refractivity contribution in [3.05, 3.63) is 18.0 Å². The Hall–Kier alpha value is -2.57. The quantitative estimate of drug-likeness (QED) is 0.674. The summed E-state index contributed by atoms with van der Waals surface area (Å²) < 4.78 is 11.1. The molecule has 4 rings (SSSR count). The number of rotatable bonds is 6. The third-order valence-corrected chi connectivity index (χ3v) is 6.66. The Morgan fingerprint density at radius 1 is 1.00 bits per heavy atom. The first-order valence-electron chi connectivity index (χ1n) is 12.0. The van der Waals surface area contributed by atoms with Gasteiger partial charge in [-0.2, -0.15) is 0 Å². The molecular weight excluding hydrogens is 404 g/mol. The van der Waals surface area contributed by atoms with Crippen molar-refractivity contribution in [2.75, 3.05) is 45.3 Å².